The molecule has 0 aliphatic carbocycles. The van der Waals surface area contributed by atoms with E-state index in [2.05, 4.69) is 35.1 Å². The molecule has 0 atom stereocenters. The molecule has 0 fully saturated rings. The van der Waals surface area contributed by atoms with Gasteiger partial charge in [0.2, 0.25) is 0 Å². The Morgan fingerprint density at radius 2 is 2.06 bits per heavy atom. The third-order valence-electron chi connectivity index (χ3n) is 2.49. The van der Waals surface area contributed by atoms with E-state index in [0.29, 0.717) is 24.6 Å². The van der Waals surface area contributed by atoms with Gasteiger partial charge in [-0.3, -0.25) is 4.79 Å². The van der Waals surface area contributed by atoms with Crippen molar-refractivity contribution in [1.82, 2.24) is 5.32 Å². The van der Waals surface area contributed by atoms with Gasteiger partial charge in [0, 0.05) is 17.6 Å². The van der Waals surface area contributed by atoms with Crippen LogP contribution in [-0.4, -0.2) is 25.7 Å². The Labute approximate surface area is 117 Å². The molecular weight excluding hydrogens is 294 g/mol. The summed E-state index contributed by atoms with van der Waals surface area (Å²) in [5, 5.41) is 2.83. The maximum atomic E-state index is 11.8. The maximum Gasteiger partial charge on any atom is 0.252 e. The first-order chi connectivity index (χ1) is 8.61. The second kappa shape index (κ2) is 8.27. The lowest BCUT2D eigenvalue weighted by Crippen LogP contribution is -2.27. The van der Waals surface area contributed by atoms with E-state index in [1.807, 2.05) is 18.2 Å². The van der Waals surface area contributed by atoms with Crippen LogP contribution in [0.25, 0.3) is 0 Å². The fourth-order valence-corrected chi connectivity index (χ4v) is 1.86. The molecule has 0 radical (unpaired) electrons. The van der Waals surface area contributed by atoms with Gasteiger partial charge in [-0.1, -0.05) is 26.0 Å². The van der Waals surface area contributed by atoms with Gasteiger partial charge in [0.05, 0.1) is 12.2 Å². The summed E-state index contributed by atoms with van der Waals surface area (Å²) in [5.41, 5.74) is 0.652. The third-order valence-corrected chi connectivity index (χ3v) is 3.18. The molecule has 4 heteroatoms. The number of amides is 1. The molecule has 0 aliphatic heterocycles. The molecule has 0 spiro atoms. The van der Waals surface area contributed by atoms with Crippen molar-refractivity contribution in [2.24, 2.45) is 5.92 Å². The summed E-state index contributed by atoms with van der Waals surface area (Å²) in [7, 11) is 0. The van der Waals surface area contributed by atoms with Gasteiger partial charge in [0.15, 0.2) is 0 Å². The highest BCUT2D eigenvalue weighted by Gasteiger charge is 2.07. The van der Waals surface area contributed by atoms with Crippen LogP contribution in [0.15, 0.2) is 28.7 Å². The van der Waals surface area contributed by atoms with Crippen LogP contribution in [0.3, 0.4) is 0 Å². The zero-order chi connectivity index (χ0) is 13.4. The fraction of sp³-hybridized carbons (Fsp3) is 0.500. The van der Waals surface area contributed by atoms with Crippen molar-refractivity contribution in [2.45, 2.75) is 20.3 Å². The smallest absolute Gasteiger partial charge is 0.252 e. The zero-order valence-electron chi connectivity index (χ0n) is 10.9. The normalized spacial score (nSPS) is 10.7. The van der Waals surface area contributed by atoms with Crippen molar-refractivity contribution >= 4 is 21.8 Å². The summed E-state index contributed by atoms with van der Waals surface area (Å²) in [6.07, 6.45) is 1.05. The van der Waals surface area contributed by atoms with E-state index in [0.717, 1.165) is 17.5 Å². The van der Waals surface area contributed by atoms with Gasteiger partial charge in [-0.15, -0.1) is 0 Å². The van der Waals surface area contributed by atoms with Crippen LogP contribution in [-0.2, 0) is 4.74 Å². The van der Waals surface area contributed by atoms with E-state index in [-0.39, 0.29) is 5.91 Å². The topological polar surface area (TPSA) is 38.3 Å². The molecule has 100 valence electrons. The molecule has 0 unspecified atom stereocenters. The number of halogens is 1. The Morgan fingerprint density at radius 3 is 2.72 bits per heavy atom. The van der Waals surface area contributed by atoms with Crippen LogP contribution >= 0.6 is 15.9 Å². The molecule has 0 aliphatic rings. The van der Waals surface area contributed by atoms with Crippen molar-refractivity contribution in [3.05, 3.63) is 34.3 Å². The van der Waals surface area contributed by atoms with Gasteiger partial charge in [0.1, 0.15) is 0 Å². The number of rotatable bonds is 7. The highest BCUT2D eigenvalue weighted by Crippen LogP contribution is 2.15. The largest absolute Gasteiger partial charge is 0.380 e. The van der Waals surface area contributed by atoms with Gasteiger partial charge in [0.25, 0.3) is 5.91 Å². The summed E-state index contributed by atoms with van der Waals surface area (Å²) in [4.78, 5) is 11.8. The van der Waals surface area contributed by atoms with Crippen molar-refractivity contribution in [3.63, 3.8) is 0 Å². The number of hydrogen-bond donors (Lipinski definition) is 1. The minimum atomic E-state index is -0.0741. The van der Waals surface area contributed by atoms with Crippen LogP contribution in [0.4, 0.5) is 0 Å². The number of hydrogen-bond acceptors (Lipinski definition) is 2. The number of ether oxygens (including phenoxy) is 1. The first kappa shape index (κ1) is 15.2. The quantitative estimate of drug-likeness (QED) is 0.785. The lowest BCUT2D eigenvalue weighted by molar-refractivity contribution is 0.0905. The maximum absolute atomic E-state index is 11.8. The Hall–Kier alpha value is -0.870. The van der Waals surface area contributed by atoms with Gasteiger partial charge in [-0.25, -0.2) is 0 Å². The Bertz CT molecular complexity index is 380. The first-order valence-electron chi connectivity index (χ1n) is 6.21. The van der Waals surface area contributed by atoms with Gasteiger partial charge < -0.3 is 10.1 Å². The van der Waals surface area contributed by atoms with Crippen LogP contribution in [0.2, 0.25) is 0 Å². The average Bonchev–Trinajstić information content (AvgIpc) is 2.33. The van der Waals surface area contributed by atoms with Crippen molar-refractivity contribution in [2.75, 3.05) is 19.8 Å². The summed E-state index contributed by atoms with van der Waals surface area (Å²) >= 11 is 3.35. The molecule has 1 rings (SSSR count). The fourth-order valence-electron chi connectivity index (χ4n) is 1.40. The van der Waals surface area contributed by atoms with Crippen LogP contribution in [0.5, 0.6) is 0 Å². The summed E-state index contributed by atoms with van der Waals surface area (Å²) in [6.45, 7) is 6.18. The lowest BCUT2D eigenvalue weighted by Gasteiger charge is -2.08. The zero-order valence-corrected chi connectivity index (χ0v) is 12.5. The third kappa shape index (κ3) is 5.65. The Morgan fingerprint density at radius 1 is 1.33 bits per heavy atom. The van der Waals surface area contributed by atoms with Crippen LogP contribution in [0.1, 0.15) is 30.6 Å². The molecule has 0 bridgehead atoms. The minimum absolute atomic E-state index is 0.0741. The predicted octanol–water partition coefficient (Wildman–Crippen LogP) is 3.24. The summed E-state index contributed by atoms with van der Waals surface area (Å²) in [5.74, 6) is 0.579. The van der Waals surface area contributed by atoms with E-state index < -0.39 is 0 Å². The SMILES string of the molecule is CC(C)CCOCCNC(=O)c1ccccc1Br. The second-order valence-corrected chi connectivity index (χ2v) is 5.38. The monoisotopic (exact) mass is 313 g/mol. The molecule has 1 aromatic carbocycles. The molecule has 1 aromatic rings. The number of nitrogens with one attached hydrogen (secondary N) is 1. The van der Waals surface area contributed by atoms with E-state index >= 15 is 0 Å². The lowest BCUT2D eigenvalue weighted by atomic mass is 10.1. The van der Waals surface area contributed by atoms with E-state index in [4.69, 9.17) is 4.74 Å². The average molecular weight is 314 g/mol. The molecule has 1 N–H and O–H groups in total. The summed E-state index contributed by atoms with van der Waals surface area (Å²) in [6, 6.07) is 7.38. The standard InChI is InChI=1S/C14H20BrNO2/c1-11(2)7-9-18-10-8-16-14(17)12-5-3-4-6-13(12)15/h3-6,11H,7-10H2,1-2H3,(H,16,17). The van der Waals surface area contributed by atoms with E-state index in [1.54, 1.807) is 6.07 Å². The van der Waals surface area contributed by atoms with Gasteiger partial charge in [-0.2, -0.15) is 0 Å². The highest BCUT2D eigenvalue weighted by molar-refractivity contribution is 9.10. The molecule has 3 nitrogen and oxygen atoms in total. The first-order valence-corrected chi connectivity index (χ1v) is 7.01. The number of carbonyl (C=O) groups is 1. The molecule has 0 saturated carbocycles. The van der Waals surface area contributed by atoms with Crippen LogP contribution in [0, 0.1) is 5.92 Å². The molecular formula is C14H20BrNO2. The second-order valence-electron chi connectivity index (χ2n) is 4.53. The molecule has 0 heterocycles. The summed E-state index contributed by atoms with van der Waals surface area (Å²) < 4.78 is 6.24. The molecule has 0 saturated heterocycles. The highest BCUT2D eigenvalue weighted by atomic mass is 79.9. The van der Waals surface area contributed by atoms with Crippen LogP contribution < -0.4 is 5.32 Å². The van der Waals surface area contributed by atoms with E-state index in [1.165, 1.54) is 0 Å². The number of carbonyl (C=O) groups excluding carboxylic acids is 1. The van der Waals surface area contributed by atoms with Gasteiger partial charge in [-0.05, 0) is 40.4 Å². The number of benzene rings is 1. The van der Waals surface area contributed by atoms with Crippen molar-refractivity contribution in [3.8, 4) is 0 Å². The Balaban J connectivity index is 2.20. The predicted molar refractivity (Wildman–Crippen MR) is 76.7 cm³/mol. The minimum Gasteiger partial charge on any atom is -0.380 e. The molecule has 0 aromatic heterocycles. The Kier molecular flexibility index (Phi) is 6.98. The van der Waals surface area contributed by atoms with Crippen molar-refractivity contribution < 1.29 is 9.53 Å². The molecule has 18 heavy (non-hydrogen) atoms. The van der Waals surface area contributed by atoms with E-state index in [9.17, 15) is 4.79 Å². The molecule has 1 amide bonds. The van der Waals surface area contributed by atoms with Gasteiger partial charge >= 0.3 is 0 Å². The van der Waals surface area contributed by atoms with Crippen molar-refractivity contribution in [1.29, 1.82) is 0 Å².